The third-order valence-electron chi connectivity index (χ3n) is 3.87. The first-order valence-electron chi connectivity index (χ1n) is 8.46. The van der Waals surface area contributed by atoms with Crippen molar-refractivity contribution in [3.63, 3.8) is 0 Å². The Balaban J connectivity index is 1.76. The zero-order valence-electron chi connectivity index (χ0n) is 13.8. The van der Waals surface area contributed by atoms with E-state index in [0.29, 0.717) is 12.7 Å². The number of unbranched alkanes of at least 4 members (excludes halogenated alkanes) is 3. The van der Waals surface area contributed by atoms with Gasteiger partial charge in [-0.3, -0.25) is 4.79 Å². The molecule has 1 amide bonds. The molecule has 0 spiro atoms. The molecular formula is C19H24BNO3. The van der Waals surface area contributed by atoms with E-state index in [4.69, 9.17) is 10.0 Å². The quantitative estimate of drug-likeness (QED) is 0.486. The summed E-state index contributed by atoms with van der Waals surface area (Å²) in [4.78, 5) is 12.0. The third-order valence-corrected chi connectivity index (χ3v) is 3.87. The van der Waals surface area contributed by atoms with Crippen molar-refractivity contribution in [2.24, 2.45) is 0 Å². The van der Waals surface area contributed by atoms with Gasteiger partial charge in [-0.2, -0.15) is 0 Å². The van der Waals surface area contributed by atoms with Crippen LogP contribution in [-0.4, -0.2) is 23.1 Å². The van der Waals surface area contributed by atoms with Gasteiger partial charge in [0.1, 0.15) is 0 Å². The summed E-state index contributed by atoms with van der Waals surface area (Å²) in [5.74, 6) is 0.0161. The molecule has 126 valence electrons. The van der Waals surface area contributed by atoms with E-state index in [9.17, 15) is 4.79 Å². The van der Waals surface area contributed by atoms with Crippen LogP contribution in [0.3, 0.4) is 0 Å². The number of carbonyl (C=O) groups excluding carboxylic acids is 1. The molecule has 5 heteroatoms. The van der Waals surface area contributed by atoms with Gasteiger partial charge in [-0.25, -0.2) is 0 Å². The number of rotatable bonds is 9. The van der Waals surface area contributed by atoms with Crippen molar-refractivity contribution in [2.75, 3.05) is 5.32 Å². The SMILES string of the molecule is O=C(CCCCCCB(O)O)Nc1cccc(-c2ccccc2)c1. The van der Waals surface area contributed by atoms with Gasteiger partial charge in [0.2, 0.25) is 5.91 Å². The summed E-state index contributed by atoms with van der Waals surface area (Å²) in [7, 11) is -1.22. The molecular weight excluding hydrogens is 301 g/mol. The molecule has 2 rings (SSSR count). The molecule has 0 unspecified atom stereocenters. The van der Waals surface area contributed by atoms with E-state index in [1.165, 1.54) is 0 Å². The van der Waals surface area contributed by atoms with Crippen LogP contribution in [0.2, 0.25) is 6.32 Å². The normalized spacial score (nSPS) is 10.4. The molecule has 0 heterocycles. The Bertz CT molecular complexity index is 632. The molecule has 2 aromatic carbocycles. The standard InChI is InChI=1S/C19H24BNO3/c22-19(13-6-1-2-7-14-20(23)24)21-18-12-8-11-17(15-18)16-9-4-3-5-10-16/h3-5,8-12,15,23-24H,1-2,6-7,13-14H2,(H,21,22). The maximum Gasteiger partial charge on any atom is 0.451 e. The largest absolute Gasteiger partial charge is 0.451 e. The highest BCUT2D eigenvalue weighted by atomic mass is 16.4. The molecule has 24 heavy (non-hydrogen) atoms. The van der Waals surface area contributed by atoms with E-state index in [-0.39, 0.29) is 5.91 Å². The number of nitrogens with one attached hydrogen (secondary N) is 1. The highest BCUT2D eigenvalue weighted by Gasteiger charge is 2.06. The van der Waals surface area contributed by atoms with E-state index in [1.54, 1.807) is 0 Å². The van der Waals surface area contributed by atoms with Crippen molar-refractivity contribution in [3.8, 4) is 11.1 Å². The van der Waals surface area contributed by atoms with Crippen LogP contribution >= 0.6 is 0 Å². The van der Waals surface area contributed by atoms with Crippen LogP contribution in [0.5, 0.6) is 0 Å². The van der Waals surface area contributed by atoms with Crippen molar-refractivity contribution in [1.82, 2.24) is 0 Å². The number of carbonyl (C=O) groups is 1. The van der Waals surface area contributed by atoms with E-state index in [0.717, 1.165) is 42.5 Å². The minimum absolute atomic E-state index is 0.0161. The van der Waals surface area contributed by atoms with Crippen LogP contribution in [0.4, 0.5) is 5.69 Å². The molecule has 4 nitrogen and oxygen atoms in total. The maximum absolute atomic E-state index is 12.0. The highest BCUT2D eigenvalue weighted by Crippen LogP contribution is 2.22. The predicted octanol–water partition coefficient (Wildman–Crippen LogP) is 3.72. The predicted molar refractivity (Wildman–Crippen MR) is 98.6 cm³/mol. The smallest absolute Gasteiger partial charge is 0.427 e. The fraction of sp³-hybridized carbons (Fsp3) is 0.316. The molecule has 0 aliphatic rings. The lowest BCUT2D eigenvalue weighted by Crippen LogP contribution is -2.11. The summed E-state index contributed by atoms with van der Waals surface area (Å²) in [6, 6.07) is 17.9. The lowest BCUT2D eigenvalue weighted by atomic mass is 9.83. The van der Waals surface area contributed by atoms with Gasteiger partial charge in [0.15, 0.2) is 0 Å². The summed E-state index contributed by atoms with van der Waals surface area (Å²) in [5.41, 5.74) is 3.01. The second-order valence-electron chi connectivity index (χ2n) is 5.93. The van der Waals surface area contributed by atoms with E-state index < -0.39 is 7.12 Å². The minimum atomic E-state index is -1.22. The van der Waals surface area contributed by atoms with Gasteiger partial charge in [-0.1, -0.05) is 61.7 Å². The van der Waals surface area contributed by atoms with Crippen molar-refractivity contribution in [3.05, 3.63) is 54.6 Å². The molecule has 0 atom stereocenters. The van der Waals surface area contributed by atoms with E-state index in [2.05, 4.69) is 5.32 Å². The fourth-order valence-corrected chi connectivity index (χ4v) is 2.60. The molecule has 2 aromatic rings. The van der Waals surface area contributed by atoms with Crippen LogP contribution in [-0.2, 0) is 4.79 Å². The monoisotopic (exact) mass is 325 g/mol. The van der Waals surface area contributed by atoms with Gasteiger partial charge >= 0.3 is 7.12 Å². The third kappa shape index (κ3) is 6.56. The van der Waals surface area contributed by atoms with E-state index in [1.807, 2.05) is 54.6 Å². The second-order valence-corrected chi connectivity index (χ2v) is 5.93. The average molecular weight is 325 g/mol. The van der Waals surface area contributed by atoms with Crippen LogP contribution in [0.25, 0.3) is 11.1 Å². The van der Waals surface area contributed by atoms with Crippen LogP contribution in [0.15, 0.2) is 54.6 Å². The maximum atomic E-state index is 12.0. The van der Waals surface area contributed by atoms with Gasteiger partial charge in [-0.05, 0) is 36.0 Å². The lowest BCUT2D eigenvalue weighted by molar-refractivity contribution is -0.116. The number of anilines is 1. The lowest BCUT2D eigenvalue weighted by Gasteiger charge is -2.08. The second kappa shape index (κ2) is 9.91. The Kier molecular flexibility index (Phi) is 7.53. The Hall–Kier alpha value is -2.11. The molecule has 0 fully saturated rings. The first-order valence-corrected chi connectivity index (χ1v) is 8.46. The van der Waals surface area contributed by atoms with Gasteiger partial charge in [-0.15, -0.1) is 0 Å². The molecule has 0 bridgehead atoms. The summed E-state index contributed by atoms with van der Waals surface area (Å²) in [6.07, 6.45) is 4.30. The molecule has 0 aliphatic carbocycles. The Labute approximate surface area is 143 Å². The van der Waals surface area contributed by atoms with Gasteiger partial charge in [0, 0.05) is 12.1 Å². The first-order chi connectivity index (χ1) is 11.6. The van der Waals surface area contributed by atoms with Crippen LogP contribution in [0.1, 0.15) is 32.1 Å². The number of hydrogen-bond acceptors (Lipinski definition) is 3. The van der Waals surface area contributed by atoms with Crippen molar-refractivity contribution >= 4 is 18.7 Å². The van der Waals surface area contributed by atoms with Crippen molar-refractivity contribution < 1.29 is 14.8 Å². The topological polar surface area (TPSA) is 69.6 Å². The highest BCUT2D eigenvalue weighted by molar-refractivity contribution is 6.40. The molecule has 0 aliphatic heterocycles. The Morgan fingerprint density at radius 2 is 1.58 bits per heavy atom. The van der Waals surface area contributed by atoms with Gasteiger partial charge in [0.25, 0.3) is 0 Å². The number of benzene rings is 2. The summed E-state index contributed by atoms with van der Waals surface area (Å²) >= 11 is 0. The summed E-state index contributed by atoms with van der Waals surface area (Å²) in [6.45, 7) is 0. The zero-order valence-corrected chi connectivity index (χ0v) is 13.8. The van der Waals surface area contributed by atoms with Crippen LogP contribution < -0.4 is 5.32 Å². The summed E-state index contributed by atoms with van der Waals surface area (Å²) < 4.78 is 0. The number of amides is 1. The molecule has 3 N–H and O–H groups in total. The Morgan fingerprint density at radius 3 is 2.33 bits per heavy atom. The minimum Gasteiger partial charge on any atom is -0.427 e. The van der Waals surface area contributed by atoms with Crippen molar-refractivity contribution in [1.29, 1.82) is 0 Å². The molecule has 0 radical (unpaired) electrons. The van der Waals surface area contributed by atoms with Crippen molar-refractivity contribution in [2.45, 2.75) is 38.4 Å². The average Bonchev–Trinajstić information content (AvgIpc) is 2.59. The Morgan fingerprint density at radius 1 is 0.875 bits per heavy atom. The van der Waals surface area contributed by atoms with Gasteiger partial charge in [0.05, 0.1) is 0 Å². The molecule has 0 aromatic heterocycles. The molecule has 0 saturated carbocycles. The van der Waals surface area contributed by atoms with E-state index >= 15 is 0 Å². The first kappa shape index (κ1) is 18.2. The van der Waals surface area contributed by atoms with Crippen LogP contribution in [0, 0.1) is 0 Å². The molecule has 0 saturated heterocycles. The fourth-order valence-electron chi connectivity index (χ4n) is 2.60. The summed E-state index contributed by atoms with van der Waals surface area (Å²) in [5, 5.41) is 20.5. The van der Waals surface area contributed by atoms with Gasteiger partial charge < -0.3 is 15.4 Å². The number of hydrogen-bond donors (Lipinski definition) is 3. The zero-order chi connectivity index (χ0) is 17.2.